The minimum Gasteiger partial charge on any atom is -0.382 e. The third kappa shape index (κ3) is 3.15. The smallest absolute Gasteiger partial charge is 0.332 e. The van der Waals surface area contributed by atoms with Gasteiger partial charge < -0.3 is 19.3 Å². The van der Waals surface area contributed by atoms with E-state index in [4.69, 9.17) is 14.8 Å². The zero-order valence-electron chi connectivity index (χ0n) is 11.5. The molecule has 0 aliphatic rings. The van der Waals surface area contributed by atoms with Crippen LogP contribution in [-0.2, 0) is 20.2 Å². The van der Waals surface area contributed by atoms with Crippen LogP contribution in [-0.4, -0.2) is 38.9 Å². The monoisotopic (exact) mass is 299 g/mol. The van der Waals surface area contributed by atoms with E-state index in [0.717, 1.165) is 0 Å². The standard InChI is InChI=1S/C11H18N5O3P/c1-3-18-20(17,19-4-2)6-5-16-8-15-9-10(12)13-7-14-11(9)16/h7-8H,3-6H2,1-2H3,(H2,12,13,14). The summed E-state index contributed by atoms with van der Waals surface area (Å²) in [6.45, 7) is 4.68. The molecule has 8 nitrogen and oxygen atoms in total. The van der Waals surface area contributed by atoms with E-state index in [2.05, 4.69) is 15.0 Å². The summed E-state index contributed by atoms with van der Waals surface area (Å²) in [5.41, 5.74) is 6.86. The molecule has 2 aromatic heterocycles. The molecule has 9 heteroatoms. The number of aromatic nitrogens is 4. The molecule has 2 rings (SSSR count). The van der Waals surface area contributed by atoms with Crippen molar-refractivity contribution < 1.29 is 13.6 Å². The Morgan fingerprint density at radius 1 is 1.25 bits per heavy atom. The van der Waals surface area contributed by atoms with Gasteiger partial charge in [0, 0.05) is 6.54 Å². The molecule has 20 heavy (non-hydrogen) atoms. The van der Waals surface area contributed by atoms with Gasteiger partial charge in [0.1, 0.15) is 11.8 Å². The van der Waals surface area contributed by atoms with Gasteiger partial charge in [0.25, 0.3) is 0 Å². The molecular formula is C11H18N5O3P. The van der Waals surface area contributed by atoms with Crippen LogP contribution in [0.5, 0.6) is 0 Å². The molecule has 0 amide bonds. The van der Waals surface area contributed by atoms with Crippen molar-refractivity contribution in [1.29, 1.82) is 0 Å². The minimum absolute atomic E-state index is 0.254. The maximum Gasteiger partial charge on any atom is 0.332 e. The molecule has 0 aromatic carbocycles. The number of hydrogen-bond acceptors (Lipinski definition) is 7. The van der Waals surface area contributed by atoms with E-state index >= 15 is 0 Å². The quantitative estimate of drug-likeness (QED) is 0.775. The molecule has 0 aliphatic heterocycles. The van der Waals surface area contributed by atoms with Crippen LogP contribution in [0.1, 0.15) is 13.8 Å². The Morgan fingerprint density at radius 3 is 2.60 bits per heavy atom. The molecule has 0 unspecified atom stereocenters. The molecule has 0 fully saturated rings. The normalized spacial score (nSPS) is 12.1. The van der Waals surface area contributed by atoms with Crippen molar-refractivity contribution in [2.45, 2.75) is 20.4 Å². The first-order chi connectivity index (χ1) is 9.59. The van der Waals surface area contributed by atoms with Gasteiger partial charge in [-0.3, -0.25) is 4.57 Å². The fourth-order valence-corrected chi connectivity index (χ4v) is 3.43. The fraction of sp³-hybridized carbons (Fsp3) is 0.545. The van der Waals surface area contributed by atoms with Gasteiger partial charge in [-0.1, -0.05) is 0 Å². The van der Waals surface area contributed by atoms with Crippen LogP contribution in [0.3, 0.4) is 0 Å². The van der Waals surface area contributed by atoms with Crippen LogP contribution in [0.4, 0.5) is 5.82 Å². The predicted octanol–water partition coefficient (Wildman–Crippen LogP) is 1.67. The van der Waals surface area contributed by atoms with Crippen molar-refractivity contribution in [2.75, 3.05) is 25.1 Å². The van der Waals surface area contributed by atoms with E-state index in [9.17, 15) is 4.57 Å². The molecular weight excluding hydrogens is 281 g/mol. The average Bonchev–Trinajstić information content (AvgIpc) is 2.82. The number of rotatable bonds is 7. The zero-order chi connectivity index (χ0) is 14.6. The SMILES string of the molecule is CCOP(=O)(CCn1cnc2c(N)ncnc21)OCC. The van der Waals surface area contributed by atoms with Gasteiger partial charge in [-0.25, -0.2) is 15.0 Å². The van der Waals surface area contributed by atoms with Crippen LogP contribution < -0.4 is 5.73 Å². The lowest BCUT2D eigenvalue weighted by Crippen LogP contribution is -2.07. The Hall–Kier alpha value is -1.50. The summed E-state index contributed by atoms with van der Waals surface area (Å²) in [6.07, 6.45) is 3.22. The number of nitrogens with two attached hydrogens (primary N) is 1. The van der Waals surface area contributed by atoms with Gasteiger partial charge >= 0.3 is 7.60 Å². The lowest BCUT2D eigenvalue weighted by Gasteiger charge is -2.17. The number of anilines is 1. The topological polar surface area (TPSA) is 105 Å². The summed E-state index contributed by atoms with van der Waals surface area (Å²) >= 11 is 0. The molecule has 0 aliphatic carbocycles. The number of nitrogens with zero attached hydrogens (tertiary/aromatic N) is 4. The van der Waals surface area contributed by atoms with Gasteiger partial charge in [-0.15, -0.1) is 0 Å². The summed E-state index contributed by atoms with van der Waals surface area (Å²) in [7, 11) is -3.07. The lowest BCUT2D eigenvalue weighted by atomic mass is 10.5. The summed E-state index contributed by atoms with van der Waals surface area (Å²) in [6, 6.07) is 0. The summed E-state index contributed by atoms with van der Waals surface area (Å²) in [4.78, 5) is 12.2. The third-order valence-corrected chi connectivity index (χ3v) is 4.75. The fourth-order valence-electron chi connectivity index (χ4n) is 1.85. The Bertz CT molecular complexity index is 620. The van der Waals surface area contributed by atoms with Crippen LogP contribution in [0.2, 0.25) is 0 Å². The largest absolute Gasteiger partial charge is 0.382 e. The second-order valence-corrected chi connectivity index (χ2v) is 6.22. The highest BCUT2D eigenvalue weighted by atomic mass is 31.2. The Balaban J connectivity index is 2.16. The summed E-state index contributed by atoms with van der Waals surface area (Å²) < 4.78 is 24.6. The van der Waals surface area contributed by atoms with Crippen molar-refractivity contribution in [2.24, 2.45) is 0 Å². The van der Waals surface area contributed by atoms with Crippen molar-refractivity contribution in [3.8, 4) is 0 Å². The van der Waals surface area contributed by atoms with Gasteiger partial charge in [0.2, 0.25) is 0 Å². The Labute approximate surface area is 116 Å². The maximum atomic E-state index is 12.4. The Morgan fingerprint density at radius 2 is 1.95 bits per heavy atom. The molecule has 0 radical (unpaired) electrons. The number of fused-ring (bicyclic) bond motifs is 1. The maximum absolute atomic E-state index is 12.4. The number of nitrogen functional groups attached to an aromatic ring is 1. The highest BCUT2D eigenvalue weighted by Gasteiger charge is 2.23. The molecule has 0 atom stereocenters. The number of imidazole rings is 1. The first-order valence-electron chi connectivity index (χ1n) is 6.39. The third-order valence-electron chi connectivity index (χ3n) is 2.70. The zero-order valence-corrected chi connectivity index (χ0v) is 12.4. The van der Waals surface area contributed by atoms with Crippen molar-refractivity contribution in [1.82, 2.24) is 19.5 Å². The van der Waals surface area contributed by atoms with E-state index in [1.165, 1.54) is 6.33 Å². The molecule has 0 saturated heterocycles. The van der Waals surface area contributed by atoms with E-state index in [1.54, 1.807) is 24.7 Å². The highest BCUT2D eigenvalue weighted by Crippen LogP contribution is 2.47. The predicted molar refractivity (Wildman–Crippen MR) is 75.5 cm³/mol. The van der Waals surface area contributed by atoms with Crippen LogP contribution >= 0.6 is 7.60 Å². The van der Waals surface area contributed by atoms with E-state index in [0.29, 0.717) is 36.7 Å². The molecule has 2 heterocycles. The van der Waals surface area contributed by atoms with Crippen LogP contribution in [0.25, 0.3) is 11.2 Å². The molecule has 110 valence electrons. The second kappa shape index (κ2) is 6.30. The van der Waals surface area contributed by atoms with Crippen molar-refractivity contribution in [3.63, 3.8) is 0 Å². The van der Waals surface area contributed by atoms with Crippen molar-refractivity contribution in [3.05, 3.63) is 12.7 Å². The first kappa shape index (κ1) is 14.9. The second-order valence-electron chi connectivity index (χ2n) is 4.04. The molecule has 0 bridgehead atoms. The van der Waals surface area contributed by atoms with Gasteiger partial charge in [0.05, 0.1) is 25.7 Å². The Kier molecular flexibility index (Phi) is 4.69. The van der Waals surface area contributed by atoms with Crippen LogP contribution in [0, 0.1) is 0 Å². The summed E-state index contributed by atoms with van der Waals surface area (Å²) in [5, 5.41) is 0. The van der Waals surface area contributed by atoms with E-state index < -0.39 is 7.60 Å². The molecule has 2 aromatic rings. The minimum atomic E-state index is -3.07. The average molecular weight is 299 g/mol. The van der Waals surface area contributed by atoms with E-state index in [1.807, 2.05) is 0 Å². The van der Waals surface area contributed by atoms with Gasteiger partial charge in [-0.05, 0) is 13.8 Å². The highest BCUT2D eigenvalue weighted by molar-refractivity contribution is 7.53. The molecule has 0 saturated carbocycles. The number of aryl methyl sites for hydroxylation is 1. The van der Waals surface area contributed by atoms with Crippen molar-refractivity contribution >= 4 is 24.6 Å². The first-order valence-corrected chi connectivity index (χ1v) is 8.12. The van der Waals surface area contributed by atoms with Crippen LogP contribution in [0.15, 0.2) is 12.7 Å². The summed E-state index contributed by atoms with van der Waals surface area (Å²) in [5.74, 6) is 0.326. The molecule has 0 spiro atoms. The molecule has 2 N–H and O–H groups in total. The lowest BCUT2D eigenvalue weighted by molar-refractivity contribution is 0.219. The van der Waals surface area contributed by atoms with Gasteiger partial charge in [-0.2, -0.15) is 0 Å². The number of hydrogen-bond donors (Lipinski definition) is 1. The van der Waals surface area contributed by atoms with E-state index in [-0.39, 0.29) is 6.16 Å². The van der Waals surface area contributed by atoms with Gasteiger partial charge in [0.15, 0.2) is 11.5 Å².